The van der Waals surface area contributed by atoms with E-state index in [1.807, 2.05) is 0 Å². The summed E-state index contributed by atoms with van der Waals surface area (Å²) in [6, 6.07) is 6.65. The Morgan fingerprint density at radius 2 is 2.11 bits per heavy atom. The highest BCUT2D eigenvalue weighted by molar-refractivity contribution is 5.71. The summed E-state index contributed by atoms with van der Waals surface area (Å²) in [5.41, 5.74) is 1.50. The molecule has 0 aliphatic carbocycles. The van der Waals surface area contributed by atoms with Gasteiger partial charge in [-0.25, -0.2) is 0 Å². The van der Waals surface area contributed by atoms with Crippen molar-refractivity contribution < 1.29 is 19.7 Å². The first kappa shape index (κ1) is 12.9. The van der Waals surface area contributed by atoms with Gasteiger partial charge in [-0.1, -0.05) is 12.1 Å². The average Bonchev–Trinajstić information content (AvgIpc) is 2.66. The number of ether oxygens (including phenoxy) is 1. The van der Waals surface area contributed by atoms with Gasteiger partial charge in [-0.2, -0.15) is 9.78 Å². The number of aromatic nitrogens is 2. The van der Waals surface area contributed by atoms with Crippen LogP contribution in [0.3, 0.4) is 0 Å². The highest BCUT2D eigenvalue weighted by Gasteiger charge is 2.20. The summed E-state index contributed by atoms with van der Waals surface area (Å²) in [7, 11) is 1.44. The smallest absolute Gasteiger partial charge is 0.308 e. The molecule has 0 spiro atoms. The van der Waals surface area contributed by atoms with E-state index in [1.165, 1.54) is 17.9 Å². The minimum Gasteiger partial charge on any atom is -0.506 e. The van der Waals surface area contributed by atoms with Crippen LogP contribution in [0.1, 0.15) is 11.3 Å². The molecule has 1 aromatic heterocycles. The van der Waals surface area contributed by atoms with E-state index in [0.29, 0.717) is 22.8 Å². The number of carbonyl (C=O) groups is 1. The predicted molar refractivity (Wildman–Crippen MR) is 67.9 cm³/mol. The second-order valence-corrected chi connectivity index (χ2v) is 4.04. The number of methoxy groups -OCH3 is 1. The van der Waals surface area contributed by atoms with E-state index in [2.05, 4.69) is 5.10 Å². The molecule has 19 heavy (non-hydrogen) atoms. The maximum Gasteiger partial charge on any atom is 0.308 e. The highest BCUT2D eigenvalue weighted by Crippen LogP contribution is 2.30. The number of carboxylic acid groups (broad SMARTS) is 1. The first-order valence-corrected chi connectivity index (χ1v) is 5.67. The van der Waals surface area contributed by atoms with E-state index in [-0.39, 0.29) is 12.2 Å². The number of benzene rings is 1. The molecular formula is C13H14N2O4. The van der Waals surface area contributed by atoms with Gasteiger partial charge in [0.15, 0.2) is 0 Å². The molecular weight excluding hydrogens is 248 g/mol. The molecule has 1 heterocycles. The molecule has 0 radical (unpaired) electrons. The molecule has 0 amide bonds. The van der Waals surface area contributed by atoms with Crippen molar-refractivity contribution in [1.82, 2.24) is 9.78 Å². The minimum atomic E-state index is -0.960. The summed E-state index contributed by atoms with van der Waals surface area (Å²) in [4.78, 5) is 10.9. The summed E-state index contributed by atoms with van der Waals surface area (Å²) in [5.74, 6) is -0.593. The molecule has 0 saturated heterocycles. The van der Waals surface area contributed by atoms with Gasteiger partial charge in [0.2, 0.25) is 5.88 Å². The number of hydrogen-bond acceptors (Lipinski definition) is 4. The molecule has 0 aliphatic rings. The third-order valence-electron chi connectivity index (χ3n) is 2.77. The van der Waals surface area contributed by atoms with Gasteiger partial charge in [0.25, 0.3) is 0 Å². The maximum atomic E-state index is 10.9. The Bertz CT molecular complexity index is 619. The number of aliphatic carboxylic acids is 1. The lowest BCUT2D eigenvalue weighted by Crippen LogP contribution is -2.04. The van der Waals surface area contributed by atoms with Crippen LogP contribution in [-0.4, -0.2) is 33.1 Å². The Labute approximate surface area is 109 Å². The number of aromatic hydroxyl groups is 1. The lowest BCUT2D eigenvalue weighted by atomic mass is 10.2. The Morgan fingerprint density at radius 3 is 2.68 bits per heavy atom. The maximum absolute atomic E-state index is 10.9. The van der Waals surface area contributed by atoms with Crippen molar-refractivity contribution in [1.29, 1.82) is 0 Å². The van der Waals surface area contributed by atoms with E-state index in [1.54, 1.807) is 25.1 Å². The van der Waals surface area contributed by atoms with Crippen molar-refractivity contribution in [3.63, 3.8) is 0 Å². The molecule has 6 nitrogen and oxygen atoms in total. The fourth-order valence-electron chi connectivity index (χ4n) is 1.91. The van der Waals surface area contributed by atoms with Gasteiger partial charge < -0.3 is 14.9 Å². The van der Waals surface area contributed by atoms with Crippen LogP contribution in [0.5, 0.6) is 11.6 Å². The number of carboxylic acids is 1. The molecule has 6 heteroatoms. The first-order chi connectivity index (χ1) is 9.04. The van der Waals surface area contributed by atoms with Gasteiger partial charge in [0.05, 0.1) is 19.2 Å². The third-order valence-corrected chi connectivity index (χ3v) is 2.77. The molecule has 0 saturated carbocycles. The third kappa shape index (κ3) is 2.37. The van der Waals surface area contributed by atoms with Gasteiger partial charge in [-0.15, -0.1) is 0 Å². The second kappa shape index (κ2) is 5.01. The molecule has 2 aromatic rings. The Morgan fingerprint density at radius 1 is 1.42 bits per heavy atom. The number of para-hydroxylation sites is 2. The van der Waals surface area contributed by atoms with Crippen LogP contribution >= 0.6 is 0 Å². The topological polar surface area (TPSA) is 84.6 Å². The van der Waals surface area contributed by atoms with Crippen molar-refractivity contribution >= 4 is 5.97 Å². The predicted octanol–water partition coefficient (Wildman–Crippen LogP) is 1.52. The van der Waals surface area contributed by atoms with Crippen molar-refractivity contribution in [2.75, 3.05) is 7.11 Å². The second-order valence-electron chi connectivity index (χ2n) is 4.04. The molecule has 100 valence electrons. The van der Waals surface area contributed by atoms with Crippen molar-refractivity contribution in [2.24, 2.45) is 0 Å². The van der Waals surface area contributed by atoms with E-state index < -0.39 is 5.97 Å². The van der Waals surface area contributed by atoms with Gasteiger partial charge in [-0.05, 0) is 19.1 Å². The standard InChI is InChI=1S/C13H14N2O4/c1-8-9(7-12(17)18)13(19-2)15(14-8)10-5-3-4-6-11(10)16/h3-6,16H,7H2,1-2H3,(H,17,18). The number of phenolic OH excluding ortho intramolecular Hbond substituents is 1. The van der Waals surface area contributed by atoms with Crippen molar-refractivity contribution in [2.45, 2.75) is 13.3 Å². The SMILES string of the molecule is COc1c(CC(=O)O)c(C)nn1-c1ccccc1O. The van der Waals surface area contributed by atoms with E-state index in [4.69, 9.17) is 9.84 Å². The summed E-state index contributed by atoms with van der Waals surface area (Å²) < 4.78 is 6.64. The van der Waals surface area contributed by atoms with Gasteiger partial charge >= 0.3 is 5.97 Å². The van der Waals surface area contributed by atoms with Crippen molar-refractivity contribution in [3.8, 4) is 17.3 Å². The lowest BCUT2D eigenvalue weighted by Gasteiger charge is -2.08. The van der Waals surface area contributed by atoms with Gasteiger partial charge in [0, 0.05) is 5.56 Å². The molecule has 1 aromatic carbocycles. The zero-order chi connectivity index (χ0) is 14.0. The number of rotatable bonds is 4. The molecule has 0 atom stereocenters. The van der Waals surface area contributed by atoms with E-state index >= 15 is 0 Å². The van der Waals surface area contributed by atoms with Crippen LogP contribution in [0.25, 0.3) is 5.69 Å². The van der Waals surface area contributed by atoms with Crippen LogP contribution in [0, 0.1) is 6.92 Å². The fraction of sp³-hybridized carbons (Fsp3) is 0.231. The van der Waals surface area contributed by atoms with Gasteiger partial charge in [0.1, 0.15) is 11.4 Å². The zero-order valence-corrected chi connectivity index (χ0v) is 10.6. The Balaban J connectivity index is 2.59. The average molecular weight is 262 g/mol. The van der Waals surface area contributed by atoms with Crippen LogP contribution in [0.2, 0.25) is 0 Å². The van der Waals surface area contributed by atoms with Gasteiger partial charge in [-0.3, -0.25) is 4.79 Å². The fourth-order valence-corrected chi connectivity index (χ4v) is 1.91. The molecule has 0 aliphatic heterocycles. The van der Waals surface area contributed by atoms with E-state index in [0.717, 1.165) is 0 Å². The summed E-state index contributed by atoms with van der Waals surface area (Å²) in [5, 5.41) is 23.0. The number of nitrogens with zero attached hydrogens (tertiary/aromatic N) is 2. The first-order valence-electron chi connectivity index (χ1n) is 5.67. The monoisotopic (exact) mass is 262 g/mol. The number of aryl methyl sites for hydroxylation is 1. The van der Waals surface area contributed by atoms with Crippen molar-refractivity contribution in [3.05, 3.63) is 35.5 Å². The Kier molecular flexibility index (Phi) is 3.41. The van der Waals surface area contributed by atoms with E-state index in [9.17, 15) is 9.90 Å². The molecule has 0 unspecified atom stereocenters. The molecule has 2 N–H and O–H groups in total. The normalized spacial score (nSPS) is 10.4. The van der Waals surface area contributed by atoms with Crippen LogP contribution < -0.4 is 4.74 Å². The van der Waals surface area contributed by atoms with Crippen LogP contribution in [-0.2, 0) is 11.2 Å². The minimum absolute atomic E-state index is 0.0465. The molecule has 2 rings (SSSR count). The van der Waals surface area contributed by atoms with Crippen LogP contribution in [0.15, 0.2) is 24.3 Å². The molecule has 0 fully saturated rings. The molecule has 0 bridgehead atoms. The number of phenols is 1. The summed E-state index contributed by atoms with van der Waals surface area (Å²) >= 11 is 0. The zero-order valence-electron chi connectivity index (χ0n) is 10.6. The largest absolute Gasteiger partial charge is 0.506 e. The number of hydrogen-bond donors (Lipinski definition) is 2. The van der Waals surface area contributed by atoms with Crippen LogP contribution in [0.4, 0.5) is 0 Å². The summed E-state index contributed by atoms with van der Waals surface area (Å²) in [6.45, 7) is 1.71. The highest BCUT2D eigenvalue weighted by atomic mass is 16.5. The summed E-state index contributed by atoms with van der Waals surface area (Å²) in [6.07, 6.45) is -0.178. The lowest BCUT2D eigenvalue weighted by molar-refractivity contribution is -0.136. The quantitative estimate of drug-likeness (QED) is 0.872. The Hall–Kier alpha value is -2.50.